The van der Waals surface area contributed by atoms with Crippen molar-refractivity contribution >= 4 is 33.3 Å². The first kappa shape index (κ1) is 15.2. The van der Waals surface area contributed by atoms with Crippen LogP contribution in [0.3, 0.4) is 0 Å². The highest BCUT2D eigenvalue weighted by atomic mass is 32.1. The van der Waals surface area contributed by atoms with Gasteiger partial charge in [-0.3, -0.25) is 4.79 Å². The minimum atomic E-state index is -0.0471. The van der Waals surface area contributed by atoms with Crippen molar-refractivity contribution in [3.05, 3.63) is 17.3 Å². The number of fused-ring (bicyclic) bond motifs is 1. The molecule has 0 aliphatic carbocycles. The SMILES string of the molecule is CNc1c(C(=O)NC2CCNCC2(C)C)sc2nccnc12. The highest BCUT2D eigenvalue weighted by Gasteiger charge is 2.34. The first-order chi connectivity index (χ1) is 10.5. The zero-order chi connectivity index (χ0) is 15.7. The number of thiophene rings is 1. The van der Waals surface area contributed by atoms with Crippen LogP contribution in [0.15, 0.2) is 12.4 Å². The van der Waals surface area contributed by atoms with Crippen LogP contribution in [0, 0.1) is 5.41 Å². The van der Waals surface area contributed by atoms with E-state index in [2.05, 4.69) is 39.8 Å². The number of anilines is 1. The van der Waals surface area contributed by atoms with Gasteiger partial charge in [0.25, 0.3) is 5.91 Å². The number of hydrogen-bond donors (Lipinski definition) is 3. The molecule has 2 aromatic heterocycles. The quantitative estimate of drug-likeness (QED) is 0.805. The molecule has 0 saturated carbocycles. The fourth-order valence-electron chi connectivity index (χ4n) is 2.88. The fourth-order valence-corrected chi connectivity index (χ4v) is 3.89. The monoisotopic (exact) mass is 319 g/mol. The number of amides is 1. The molecule has 1 amide bonds. The minimum absolute atomic E-state index is 0.0426. The number of aromatic nitrogens is 2. The second kappa shape index (κ2) is 5.81. The maximum Gasteiger partial charge on any atom is 0.263 e. The molecule has 22 heavy (non-hydrogen) atoms. The lowest BCUT2D eigenvalue weighted by atomic mass is 9.80. The van der Waals surface area contributed by atoms with Crippen molar-refractivity contribution in [1.29, 1.82) is 0 Å². The topological polar surface area (TPSA) is 78.9 Å². The Balaban J connectivity index is 1.89. The van der Waals surface area contributed by atoms with Gasteiger partial charge in [-0.05, 0) is 18.4 Å². The van der Waals surface area contributed by atoms with Crippen LogP contribution in [0.25, 0.3) is 10.3 Å². The van der Waals surface area contributed by atoms with E-state index in [0.29, 0.717) is 4.88 Å². The van der Waals surface area contributed by atoms with Gasteiger partial charge in [0, 0.05) is 32.0 Å². The second-order valence-corrected chi connectivity index (χ2v) is 7.25. The van der Waals surface area contributed by atoms with Gasteiger partial charge in [0.1, 0.15) is 15.2 Å². The van der Waals surface area contributed by atoms with Crippen molar-refractivity contribution in [3.8, 4) is 0 Å². The Labute approximate surface area is 133 Å². The Hall–Kier alpha value is -1.73. The van der Waals surface area contributed by atoms with E-state index < -0.39 is 0 Å². The van der Waals surface area contributed by atoms with Gasteiger partial charge in [0.05, 0.1) is 5.69 Å². The third kappa shape index (κ3) is 2.66. The lowest BCUT2D eigenvalue weighted by molar-refractivity contribution is 0.0873. The predicted octanol–water partition coefficient (Wildman–Crippen LogP) is 1.85. The highest BCUT2D eigenvalue weighted by Crippen LogP contribution is 2.33. The molecule has 1 aliphatic rings. The van der Waals surface area contributed by atoms with Crippen LogP contribution >= 0.6 is 11.3 Å². The molecule has 3 heterocycles. The number of rotatable bonds is 3. The maximum atomic E-state index is 12.7. The van der Waals surface area contributed by atoms with Gasteiger partial charge < -0.3 is 16.0 Å². The van der Waals surface area contributed by atoms with E-state index in [1.807, 2.05) is 0 Å². The lowest BCUT2D eigenvalue weighted by Gasteiger charge is -2.39. The Bertz CT molecular complexity index is 696. The summed E-state index contributed by atoms with van der Waals surface area (Å²) in [5.41, 5.74) is 1.56. The third-order valence-corrected chi connectivity index (χ3v) is 5.31. The number of piperidine rings is 1. The van der Waals surface area contributed by atoms with E-state index in [4.69, 9.17) is 0 Å². The largest absolute Gasteiger partial charge is 0.385 e. The molecular weight excluding hydrogens is 298 g/mol. The van der Waals surface area contributed by atoms with E-state index in [1.165, 1.54) is 11.3 Å². The number of nitrogens with zero attached hydrogens (tertiary/aromatic N) is 2. The molecule has 1 atom stereocenters. The van der Waals surface area contributed by atoms with Crippen LogP contribution in [-0.2, 0) is 0 Å². The molecule has 1 aliphatic heterocycles. The second-order valence-electron chi connectivity index (χ2n) is 6.25. The van der Waals surface area contributed by atoms with Gasteiger partial charge in [0.2, 0.25) is 0 Å². The molecule has 3 rings (SSSR count). The predicted molar refractivity (Wildman–Crippen MR) is 89.5 cm³/mol. The number of hydrogen-bond acceptors (Lipinski definition) is 6. The summed E-state index contributed by atoms with van der Waals surface area (Å²) in [5.74, 6) is -0.0471. The van der Waals surface area contributed by atoms with Crippen LogP contribution in [0.2, 0.25) is 0 Å². The molecule has 0 spiro atoms. The molecule has 118 valence electrons. The number of carbonyl (C=O) groups excluding carboxylic acids is 1. The maximum absolute atomic E-state index is 12.7. The Morgan fingerprint density at radius 1 is 1.41 bits per heavy atom. The van der Waals surface area contributed by atoms with Crippen LogP contribution in [0.1, 0.15) is 29.9 Å². The normalized spacial score (nSPS) is 20.8. The Kier molecular flexibility index (Phi) is 4.01. The third-order valence-electron chi connectivity index (χ3n) is 4.22. The molecule has 1 saturated heterocycles. The van der Waals surface area contributed by atoms with E-state index in [0.717, 1.165) is 35.5 Å². The summed E-state index contributed by atoms with van der Waals surface area (Å²) >= 11 is 1.38. The van der Waals surface area contributed by atoms with Gasteiger partial charge in [-0.15, -0.1) is 11.3 Å². The summed E-state index contributed by atoms with van der Waals surface area (Å²) in [5, 5.41) is 9.67. The van der Waals surface area contributed by atoms with E-state index >= 15 is 0 Å². The molecular formula is C15H21N5OS. The summed E-state index contributed by atoms with van der Waals surface area (Å²) in [6, 6.07) is 0.164. The summed E-state index contributed by atoms with van der Waals surface area (Å²) in [7, 11) is 1.81. The zero-order valence-corrected chi connectivity index (χ0v) is 13.9. The van der Waals surface area contributed by atoms with Gasteiger partial charge >= 0.3 is 0 Å². The zero-order valence-electron chi connectivity index (χ0n) is 13.1. The van der Waals surface area contributed by atoms with Crippen molar-refractivity contribution in [2.45, 2.75) is 26.3 Å². The number of nitrogens with one attached hydrogen (secondary N) is 3. The van der Waals surface area contributed by atoms with Crippen molar-refractivity contribution in [3.63, 3.8) is 0 Å². The number of carbonyl (C=O) groups is 1. The van der Waals surface area contributed by atoms with Gasteiger partial charge in [-0.2, -0.15) is 0 Å². The first-order valence-corrected chi connectivity index (χ1v) is 8.27. The molecule has 3 N–H and O–H groups in total. The fraction of sp³-hybridized carbons (Fsp3) is 0.533. The molecule has 0 radical (unpaired) electrons. The first-order valence-electron chi connectivity index (χ1n) is 7.46. The molecule has 7 heteroatoms. The standard InChI is InChI=1S/C15H21N5OS/c1-15(2)8-17-5-4-9(15)20-13(21)12-10(16-3)11-14(22-12)19-7-6-18-11/h6-7,9,16-17H,4-5,8H2,1-3H3,(H,20,21). The molecule has 1 unspecified atom stereocenters. The Morgan fingerprint density at radius 3 is 2.91 bits per heavy atom. The summed E-state index contributed by atoms with van der Waals surface area (Å²) in [6.07, 6.45) is 4.23. The average molecular weight is 319 g/mol. The molecule has 2 aromatic rings. The van der Waals surface area contributed by atoms with Crippen LogP contribution < -0.4 is 16.0 Å². The molecule has 0 bridgehead atoms. The molecule has 1 fully saturated rings. The average Bonchev–Trinajstić information content (AvgIpc) is 2.88. The van der Waals surface area contributed by atoms with Crippen molar-refractivity contribution in [1.82, 2.24) is 20.6 Å². The Morgan fingerprint density at radius 2 is 2.18 bits per heavy atom. The van der Waals surface area contributed by atoms with Gasteiger partial charge in [0.15, 0.2) is 0 Å². The van der Waals surface area contributed by atoms with E-state index in [-0.39, 0.29) is 17.4 Å². The van der Waals surface area contributed by atoms with Crippen LogP contribution in [-0.4, -0.2) is 42.1 Å². The van der Waals surface area contributed by atoms with E-state index in [9.17, 15) is 4.79 Å². The van der Waals surface area contributed by atoms with E-state index in [1.54, 1.807) is 19.4 Å². The van der Waals surface area contributed by atoms with Gasteiger partial charge in [-0.1, -0.05) is 13.8 Å². The minimum Gasteiger partial charge on any atom is -0.385 e. The van der Waals surface area contributed by atoms with Crippen molar-refractivity contribution in [2.24, 2.45) is 5.41 Å². The summed E-state index contributed by atoms with van der Waals surface area (Å²) in [6.45, 7) is 6.20. The summed E-state index contributed by atoms with van der Waals surface area (Å²) < 4.78 is 0. The lowest BCUT2D eigenvalue weighted by Crippen LogP contribution is -2.54. The van der Waals surface area contributed by atoms with Gasteiger partial charge in [-0.25, -0.2) is 9.97 Å². The summed E-state index contributed by atoms with van der Waals surface area (Å²) in [4.78, 5) is 22.8. The van der Waals surface area contributed by atoms with Crippen molar-refractivity contribution in [2.75, 3.05) is 25.5 Å². The van der Waals surface area contributed by atoms with Crippen LogP contribution in [0.4, 0.5) is 5.69 Å². The van der Waals surface area contributed by atoms with Crippen LogP contribution in [0.5, 0.6) is 0 Å². The highest BCUT2D eigenvalue weighted by molar-refractivity contribution is 7.21. The smallest absolute Gasteiger partial charge is 0.263 e. The molecule has 6 nitrogen and oxygen atoms in total. The molecule has 0 aromatic carbocycles. The van der Waals surface area contributed by atoms with Crippen molar-refractivity contribution < 1.29 is 4.79 Å².